The first-order chi connectivity index (χ1) is 14.9. The van der Waals surface area contributed by atoms with Crippen LogP contribution in [0.15, 0.2) is 65.6 Å². The van der Waals surface area contributed by atoms with Gasteiger partial charge in [-0.2, -0.15) is 0 Å². The van der Waals surface area contributed by atoms with Crippen LogP contribution in [0.1, 0.15) is 44.5 Å². The molecule has 0 aliphatic rings. The second kappa shape index (κ2) is 11.2. The number of thiazole rings is 2. The molecule has 2 aromatic heterocycles. The molecule has 0 bridgehead atoms. The minimum atomic E-state index is -0.557. The number of nitrogens with zero attached hydrogens (tertiary/aromatic N) is 2. The lowest BCUT2D eigenvalue weighted by molar-refractivity contribution is 0.181. The number of benzene rings is 2. The van der Waals surface area contributed by atoms with Crippen LogP contribution in [0.4, 0.5) is 4.39 Å². The molecule has 7 heteroatoms. The largest absolute Gasteiger partial charge is 0.387 e. The van der Waals surface area contributed by atoms with Crippen LogP contribution in [0, 0.1) is 19.7 Å². The van der Waals surface area contributed by atoms with Gasteiger partial charge in [0, 0.05) is 12.8 Å². The van der Waals surface area contributed by atoms with Crippen molar-refractivity contribution in [1.29, 1.82) is 0 Å². The molecule has 2 N–H and O–H groups in total. The van der Waals surface area contributed by atoms with E-state index in [0.717, 1.165) is 32.3 Å². The van der Waals surface area contributed by atoms with E-state index in [0.29, 0.717) is 12.8 Å². The minimum Gasteiger partial charge on any atom is -0.387 e. The van der Waals surface area contributed by atoms with Crippen LogP contribution in [0.2, 0.25) is 0 Å². The standard InChI is InChI=1S/C12H12FNOS.C12H13NOS/c1-8-12(16-7-14-8)11(15)6-9-2-4-10(13)5-3-9;1-9-12(15-8-13-9)11(14)7-10-5-3-2-4-6-10/h2-5,7,11,15H,6H2,1H3;2-6,8,11,14H,7H2,1H3. The zero-order valence-corrected chi connectivity index (χ0v) is 19.0. The van der Waals surface area contributed by atoms with Gasteiger partial charge in [0.25, 0.3) is 0 Å². The van der Waals surface area contributed by atoms with E-state index in [2.05, 4.69) is 9.97 Å². The zero-order chi connectivity index (χ0) is 22.2. The number of hydrogen-bond acceptors (Lipinski definition) is 6. The molecule has 0 fully saturated rings. The Morgan fingerprint density at radius 1 is 0.742 bits per heavy atom. The van der Waals surface area contributed by atoms with Crippen LogP contribution >= 0.6 is 22.7 Å². The summed E-state index contributed by atoms with van der Waals surface area (Å²) in [6.45, 7) is 3.81. The van der Waals surface area contributed by atoms with Gasteiger partial charge in [0.2, 0.25) is 0 Å². The summed E-state index contributed by atoms with van der Waals surface area (Å²) in [6, 6.07) is 16.2. The number of aliphatic hydroxyl groups is 2. The number of aromatic nitrogens is 2. The lowest BCUT2D eigenvalue weighted by atomic mass is 10.1. The van der Waals surface area contributed by atoms with Crippen molar-refractivity contribution >= 4 is 22.7 Å². The first-order valence-electron chi connectivity index (χ1n) is 9.88. The van der Waals surface area contributed by atoms with Gasteiger partial charge in [0.05, 0.1) is 44.4 Å². The number of aryl methyl sites for hydroxylation is 2. The van der Waals surface area contributed by atoms with E-state index in [4.69, 9.17) is 0 Å². The van der Waals surface area contributed by atoms with Gasteiger partial charge in [0.15, 0.2) is 0 Å². The molecule has 31 heavy (non-hydrogen) atoms. The Hall–Kier alpha value is -2.45. The van der Waals surface area contributed by atoms with E-state index in [-0.39, 0.29) is 5.82 Å². The van der Waals surface area contributed by atoms with Crippen LogP contribution in [0.5, 0.6) is 0 Å². The molecule has 4 aromatic rings. The van der Waals surface area contributed by atoms with E-state index in [1.165, 1.54) is 34.8 Å². The van der Waals surface area contributed by atoms with Gasteiger partial charge in [-0.1, -0.05) is 42.5 Å². The van der Waals surface area contributed by atoms with Crippen molar-refractivity contribution in [3.8, 4) is 0 Å². The van der Waals surface area contributed by atoms with Gasteiger partial charge in [-0.25, -0.2) is 14.4 Å². The van der Waals surface area contributed by atoms with E-state index in [1.807, 2.05) is 44.2 Å². The van der Waals surface area contributed by atoms with Gasteiger partial charge in [0.1, 0.15) is 5.82 Å². The van der Waals surface area contributed by atoms with Crippen LogP contribution < -0.4 is 0 Å². The molecule has 0 radical (unpaired) electrons. The third-order valence-corrected chi connectivity index (χ3v) is 6.85. The van der Waals surface area contributed by atoms with E-state index < -0.39 is 12.2 Å². The molecular formula is C24H25FN2O2S2. The quantitative estimate of drug-likeness (QED) is 0.397. The third-order valence-electron chi connectivity index (χ3n) is 4.78. The van der Waals surface area contributed by atoms with Gasteiger partial charge in [-0.3, -0.25) is 0 Å². The molecular weight excluding hydrogens is 431 g/mol. The van der Waals surface area contributed by atoms with E-state index in [9.17, 15) is 14.6 Å². The summed E-state index contributed by atoms with van der Waals surface area (Å²) in [6.07, 6.45) is 0.158. The first-order valence-corrected chi connectivity index (χ1v) is 11.6. The summed E-state index contributed by atoms with van der Waals surface area (Å²) in [4.78, 5) is 10.1. The molecule has 4 rings (SSSR count). The predicted molar refractivity (Wildman–Crippen MR) is 124 cm³/mol. The maximum Gasteiger partial charge on any atom is 0.123 e. The van der Waals surface area contributed by atoms with Crippen LogP contribution in [-0.4, -0.2) is 20.2 Å². The smallest absolute Gasteiger partial charge is 0.123 e. The lowest BCUT2D eigenvalue weighted by Gasteiger charge is -2.09. The van der Waals surface area contributed by atoms with Crippen LogP contribution in [-0.2, 0) is 12.8 Å². The molecule has 0 saturated heterocycles. The van der Waals surface area contributed by atoms with E-state index in [1.54, 1.807) is 23.2 Å². The molecule has 0 amide bonds. The molecule has 0 saturated carbocycles. The Bertz CT molecular complexity index is 1060. The summed E-state index contributed by atoms with van der Waals surface area (Å²) in [5, 5.41) is 20.0. The van der Waals surface area contributed by atoms with E-state index >= 15 is 0 Å². The van der Waals surface area contributed by atoms with Crippen molar-refractivity contribution in [3.05, 3.63) is 104 Å². The average molecular weight is 457 g/mol. The van der Waals surface area contributed by atoms with Gasteiger partial charge < -0.3 is 10.2 Å². The first kappa shape index (κ1) is 23.2. The predicted octanol–water partition coefficient (Wildman–Crippen LogP) is 5.59. The highest BCUT2D eigenvalue weighted by molar-refractivity contribution is 7.10. The Balaban J connectivity index is 0.000000176. The van der Waals surface area contributed by atoms with Crippen LogP contribution in [0.3, 0.4) is 0 Å². The minimum absolute atomic E-state index is 0.257. The highest BCUT2D eigenvalue weighted by atomic mass is 32.1. The molecule has 0 aliphatic heterocycles. The lowest BCUT2D eigenvalue weighted by Crippen LogP contribution is -2.01. The maximum atomic E-state index is 12.7. The average Bonchev–Trinajstić information content (AvgIpc) is 3.39. The molecule has 4 nitrogen and oxygen atoms in total. The molecule has 2 atom stereocenters. The fourth-order valence-electron chi connectivity index (χ4n) is 3.13. The van der Waals surface area contributed by atoms with Crippen molar-refractivity contribution in [1.82, 2.24) is 9.97 Å². The third kappa shape index (κ3) is 6.77. The van der Waals surface area contributed by atoms with Gasteiger partial charge in [-0.05, 0) is 37.1 Å². The second-order valence-electron chi connectivity index (χ2n) is 7.16. The van der Waals surface area contributed by atoms with Crippen molar-refractivity contribution in [2.24, 2.45) is 0 Å². The molecule has 2 heterocycles. The number of rotatable bonds is 6. The zero-order valence-electron chi connectivity index (χ0n) is 17.4. The molecule has 2 aromatic carbocycles. The number of halogens is 1. The number of aliphatic hydroxyl groups excluding tert-OH is 2. The Kier molecular flexibility index (Phi) is 8.43. The second-order valence-corrected chi connectivity index (χ2v) is 8.93. The maximum absolute atomic E-state index is 12.7. The fourth-order valence-corrected chi connectivity index (χ4v) is 4.70. The van der Waals surface area contributed by atoms with Crippen molar-refractivity contribution in [2.45, 2.75) is 38.9 Å². The van der Waals surface area contributed by atoms with Crippen molar-refractivity contribution in [3.63, 3.8) is 0 Å². The molecule has 2 unspecified atom stereocenters. The Labute approximate surface area is 189 Å². The monoisotopic (exact) mass is 456 g/mol. The Morgan fingerprint density at radius 2 is 1.19 bits per heavy atom. The normalized spacial score (nSPS) is 12.7. The Morgan fingerprint density at radius 3 is 1.61 bits per heavy atom. The van der Waals surface area contributed by atoms with Gasteiger partial charge >= 0.3 is 0 Å². The van der Waals surface area contributed by atoms with Crippen molar-refractivity contribution in [2.75, 3.05) is 0 Å². The summed E-state index contributed by atoms with van der Waals surface area (Å²) in [5.41, 5.74) is 7.36. The fraction of sp³-hybridized carbons (Fsp3) is 0.250. The summed E-state index contributed by atoms with van der Waals surface area (Å²) in [7, 11) is 0. The summed E-state index contributed by atoms with van der Waals surface area (Å²) in [5.74, 6) is -0.257. The highest BCUT2D eigenvalue weighted by Gasteiger charge is 2.14. The molecule has 0 aliphatic carbocycles. The number of hydrogen-bond donors (Lipinski definition) is 2. The summed E-state index contributed by atoms with van der Waals surface area (Å²) < 4.78 is 12.7. The van der Waals surface area contributed by atoms with Gasteiger partial charge in [-0.15, -0.1) is 22.7 Å². The molecule has 0 spiro atoms. The van der Waals surface area contributed by atoms with Crippen LogP contribution in [0.25, 0.3) is 0 Å². The SMILES string of the molecule is Cc1ncsc1C(O)Cc1ccc(F)cc1.Cc1ncsc1C(O)Cc1ccccc1. The highest BCUT2D eigenvalue weighted by Crippen LogP contribution is 2.25. The topological polar surface area (TPSA) is 66.2 Å². The van der Waals surface area contributed by atoms with Crippen molar-refractivity contribution < 1.29 is 14.6 Å². The molecule has 162 valence electrons. The summed E-state index contributed by atoms with van der Waals surface area (Å²) >= 11 is 2.96.